The summed E-state index contributed by atoms with van der Waals surface area (Å²) in [4.78, 5) is 42.0. The van der Waals surface area contributed by atoms with Gasteiger partial charge in [-0.25, -0.2) is 0 Å². The molecule has 0 aromatic rings. The van der Waals surface area contributed by atoms with Gasteiger partial charge in [-0.3, -0.25) is 19.3 Å². The summed E-state index contributed by atoms with van der Waals surface area (Å²) in [7, 11) is 1.71. The second-order valence-electron chi connectivity index (χ2n) is 7.72. The fourth-order valence-corrected chi connectivity index (χ4v) is 4.71. The van der Waals surface area contributed by atoms with Gasteiger partial charge in [-0.1, -0.05) is 12.8 Å². The molecule has 0 bridgehead atoms. The molecule has 3 heterocycles. The van der Waals surface area contributed by atoms with E-state index in [1.54, 1.807) is 11.9 Å². The van der Waals surface area contributed by atoms with E-state index in [9.17, 15) is 19.5 Å². The van der Waals surface area contributed by atoms with Crippen molar-refractivity contribution < 1.29 is 19.5 Å². The van der Waals surface area contributed by atoms with Gasteiger partial charge in [0.2, 0.25) is 11.8 Å². The molecule has 1 N–H and O–H groups in total. The Kier molecular flexibility index (Phi) is 5.32. The molecule has 1 spiro atoms. The van der Waals surface area contributed by atoms with Crippen molar-refractivity contribution in [3.8, 4) is 0 Å². The normalized spacial score (nSPS) is 27.6. The van der Waals surface area contributed by atoms with E-state index in [0.717, 1.165) is 25.9 Å². The minimum atomic E-state index is -0.901. The molecule has 0 aromatic carbocycles. The van der Waals surface area contributed by atoms with Crippen LogP contribution in [0.2, 0.25) is 0 Å². The smallest absolute Gasteiger partial charge is 0.309 e. The first-order valence-electron chi connectivity index (χ1n) is 9.43. The van der Waals surface area contributed by atoms with Crippen LogP contribution in [0.3, 0.4) is 0 Å². The first kappa shape index (κ1) is 18.2. The molecule has 140 valence electrons. The van der Waals surface area contributed by atoms with Gasteiger partial charge < -0.3 is 14.9 Å². The van der Waals surface area contributed by atoms with Crippen LogP contribution in [-0.2, 0) is 14.4 Å². The average molecular weight is 351 g/mol. The van der Waals surface area contributed by atoms with E-state index in [2.05, 4.69) is 4.90 Å². The standard InChI is InChI=1S/C18H29N3O4/c1-19-15(22)12-14(17(24)25)18(19)6-10-21(11-7-18)16(23)13-20-8-4-2-3-5-9-20/h14H,2-13H2,1H3,(H,24,25). The lowest BCUT2D eigenvalue weighted by atomic mass is 9.77. The number of aliphatic carboxylic acids is 1. The third kappa shape index (κ3) is 3.52. The summed E-state index contributed by atoms with van der Waals surface area (Å²) in [5, 5.41) is 9.52. The summed E-state index contributed by atoms with van der Waals surface area (Å²) < 4.78 is 0. The van der Waals surface area contributed by atoms with E-state index in [0.29, 0.717) is 32.5 Å². The molecule has 3 saturated heterocycles. The Balaban J connectivity index is 1.59. The van der Waals surface area contributed by atoms with E-state index in [4.69, 9.17) is 0 Å². The van der Waals surface area contributed by atoms with E-state index in [-0.39, 0.29) is 18.2 Å². The van der Waals surface area contributed by atoms with Crippen molar-refractivity contribution >= 4 is 17.8 Å². The Morgan fingerprint density at radius 3 is 2.24 bits per heavy atom. The number of nitrogens with zero attached hydrogens (tertiary/aromatic N) is 3. The van der Waals surface area contributed by atoms with Gasteiger partial charge in [0.05, 0.1) is 18.0 Å². The number of rotatable bonds is 3. The highest BCUT2D eigenvalue weighted by Gasteiger charge is 2.55. The molecule has 0 aliphatic carbocycles. The largest absolute Gasteiger partial charge is 0.481 e. The zero-order valence-corrected chi connectivity index (χ0v) is 15.1. The van der Waals surface area contributed by atoms with Gasteiger partial charge >= 0.3 is 5.97 Å². The number of hydrogen-bond donors (Lipinski definition) is 1. The molecule has 7 heteroatoms. The maximum atomic E-state index is 12.6. The third-order valence-corrected chi connectivity index (χ3v) is 6.41. The first-order valence-corrected chi connectivity index (χ1v) is 9.43. The minimum absolute atomic E-state index is 0.0769. The van der Waals surface area contributed by atoms with Crippen LogP contribution in [-0.4, -0.2) is 82.9 Å². The fourth-order valence-electron chi connectivity index (χ4n) is 4.71. The van der Waals surface area contributed by atoms with Crippen molar-refractivity contribution in [3.63, 3.8) is 0 Å². The molecular formula is C18H29N3O4. The Morgan fingerprint density at radius 1 is 1.08 bits per heavy atom. The maximum Gasteiger partial charge on any atom is 0.309 e. The highest BCUT2D eigenvalue weighted by Crippen LogP contribution is 2.42. The summed E-state index contributed by atoms with van der Waals surface area (Å²) in [6.45, 7) is 3.51. The summed E-state index contributed by atoms with van der Waals surface area (Å²) in [5.41, 5.74) is -0.623. The van der Waals surface area contributed by atoms with Crippen molar-refractivity contribution in [2.45, 2.75) is 50.5 Å². The molecule has 0 aromatic heterocycles. The monoisotopic (exact) mass is 351 g/mol. The molecule has 1 unspecified atom stereocenters. The maximum absolute atomic E-state index is 12.6. The number of carbonyl (C=O) groups is 3. The van der Waals surface area contributed by atoms with E-state index in [1.807, 2.05) is 4.90 Å². The van der Waals surface area contributed by atoms with Crippen LogP contribution in [0.25, 0.3) is 0 Å². The van der Waals surface area contributed by atoms with Gasteiger partial charge in [0.15, 0.2) is 0 Å². The fraction of sp³-hybridized carbons (Fsp3) is 0.833. The number of piperidine rings is 1. The average Bonchev–Trinajstić information content (AvgIpc) is 2.78. The van der Waals surface area contributed by atoms with Crippen LogP contribution in [0.4, 0.5) is 0 Å². The van der Waals surface area contributed by atoms with Gasteiger partial charge in [-0.15, -0.1) is 0 Å². The van der Waals surface area contributed by atoms with Crippen LogP contribution < -0.4 is 0 Å². The topological polar surface area (TPSA) is 81.2 Å². The highest BCUT2D eigenvalue weighted by molar-refractivity contribution is 5.88. The van der Waals surface area contributed by atoms with Gasteiger partial charge in [-0.05, 0) is 38.8 Å². The molecule has 0 radical (unpaired) electrons. The van der Waals surface area contributed by atoms with E-state index in [1.165, 1.54) is 12.8 Å². The third-order valence-electron chi connectivity index (χ3n) is 6.41. The summed E-state index contributed by atoms with van der Waals surface area (Å²) in [6.07, 6.45) is 5.98. The quantitative estimate of drug-likeness (QED) is 0.813. The zero-order chi connectivity index (χ0) is 18.0. The lowest BCUT2D eigenvalue weighted by molar-refractivity contribution is -0.147. The Hall–Kier alpha value is -1.63. The summed E-state index contributed by atoms with van der Waals surface area (Å²) in [6, 6.07) is 0. The molecule has 3 aliphatic heterocycles. The number of amides is 2. The van der Waals surface area contributed by atoms with E-state index < -0.39 is 17.4 Å². The molecule has 3 fully saturated rings. The number of likely N-dealkylation sites (tertiary alicyclic amines) is 3. The Labute approximate surface area is 148 Å². The molecule has 2 amide bonds. The van der Waals surface area contributed by atoms with Gasteiger partial charge in [-0.2, -0.15) is 0 Å². The number of carbonyl (C=O) groups excluding carboxylic acids is 2. The molecule has 7 nitrogen and oxygen atoms in total. The van der Waals surface area contributed by atoms with Crippen molar-refractivity contribution in [3.05, 3.63) is 0 Å². The first-order chi connectivity index (χ1) is 11.9. The van der Waals surface area contributed by atoms with E-state index >= 15 is 0 Å². The summed E-state index contributed by atoms with van der Waals surface area (Å²) in [5.74, 6) is -1.53. The zero-order valence-electron chi connectivity index (χ0n) is 15.1. The van der Waals surface area contributed by atoms with Crippen molar-refractivity contribution in [1.82, 2.24) is 14.7 Å². The van der Waals surface area contributed by atoms with Crippen LogP contribution in [0, 0.1) is 5.92 Å². The van der Waals surface area contributed by atoms with Crippen LogP contribution >= 0.6 is 0 Å². The van der Waals surface area contributed by atoms with Crippen molar-refractivity contribution in [2.75, 3.05) is 39.8 Å². The molecule has 25 heavy (non-hydrogen) atoms. The second kappa shape index (κ2) is 7.32. The van der Waals surface area contributed by atoms with Crippen LogP contribution in [0.1, 0.15) is 44.9 Å². The minimum Gasteiger partial charge on any atom is -0.481 e. The molecule has 3 rings (SSSR count). The van der Waals surface area contributed by atoms with Crippen LogP contribution in [0.5, 0.6) is 0 Å². The van der Waals surface area contributed by atoms with Crippen molar-refractivity contribution in [1.29, 1.82) is 0 Å². The lowest BCUT2D eigenvalue weighted by Crippen LogP contribution is -2.57. The molecule has 1 atom stereocenters. The SMILES string of the molecule is CN1C(=O)CC(C(=O)O)C12CCN(C(=O)CN1CCCCCC1)CC2. The van der Waals surface area contributed by atoms with Crippen molar-refractivity contribution in [2.24, 2.45) is 5.92 Å². The number of carboxylic acids is 1. The predicted octanol–water partition coefficient (Wildman–Crippen LogP) is 0.787. The molecule has 0 saturated carbocycles. The Morgan fingerprint density at radius 2 is 1.68 bits per heavy atom. The predicted molar refractivity (Wildman–Crippen MR) is 92.0 cm³/mol. The van der Waals surface area contributed by atoms with Gasteiger partial charge in [0.25, 0.3) is 0 Å². The van der Waals surface area contributed by atoms with Gasteiger partial charge in [0.1, 0.15) is 0 Å². The van der Waals surface area contributed by atoms with Crippen LogP contribution in [0.15, 0.2) is 0 Å². The molecular weight excluding hydrogens is 322 g/mol. The second-order valence-corrected chi connectivity index (χ2v) is 7.72. The highest BCUT2D eigenvalue weighted by atomic mass is 16.4. The number of hydrogen-bond acceptors (Lipinski definition) is 4. The lowest BCUT2D eigenvalue weighted by Gasteiger charge is -2.45. The number of carboxylic acid groups (broad SMARTS) is 1. The molecule has 3 aliphatic rings. The summed E-state index contributed by atoms with van der Waals surface area (Å²) >= 11 is 0. The Bertz CT molecular complexity index is 534. The van der Waals surface area contributed by atoms with Gasteiger partial charge in [0, 0.05) is 26.6 Å².